The molecule has 1 amide bonds. The molecule has 0 fully saturated rings. The number of likely N-dealkylation sites (N-methyl/N-ethyl adjacent to an activating group) is 1. The van der Waals surface area contributed by atoms with Gasteiger partial charge >= 0.3 is 12.1 Å². The summed E-state index contributed by atoms with van der Waals surface area (Å²) in [5, 5.41) is 0. The van der Waals surface area contributed by atoms with Gasteiger partial charge in [-0.3, -0.25) is 4.79 Å². The zero-order chi connectivity index (χ0) is 37.5. The van der Waals surface area contributed by atoms with Crippen molar-refractivity contribution in [1.82, 2.24) is 4.90 Å². The van der Waals surface area contributed by atoms with Crippen LogP contribution in [0.1, 0.15) is 66.2 Å². The maximum atomic E-state index is 11.9. The van der Waals surface area contributed by atoms with E-state index in [1.54, 1.807) is 7.05 Å². The Hall–Kier alpha value is -1.66. The van der Waals surface area contributed by atoms with E-state index in [1.807, 2.05) is 20.8 Å². The molecule has 304 valence electrons. The van der Waals surface area contributed by atoms with E-state index in [-0.39, 0.29) is 18.7 Å². The molecule has 0 atom stereocenters. The Morgan fingerprint density at radius 1 is 0.451 bits per heavy atom. The zero-order valence-electron chi connectivity index (χ0n) is 32.5. The largest absolute Gasteiger partial charge is 0.463 e. The number of hydrogen-bond donors (Lipinski definition) is 0. The second-order valence-electron chi connectivity index (χ2n) is 12.4. The molecular formula is C36H71NO14. The molecule has 0 aliphatic rings. The van der Waals surface area contributed by atoms with Gasteiger partial charge in [-0.1, -0.05) is 32.6 Å². The summed E-state index contributed by atoms with van der Waals surface area (Å²) in [5.41, 5.74) is -0.513. The number of carbonyl (C=O) groups excluding carboxylic acids is 2. The third kappa shape index (κ3) is 41.0. The van der Waals surface area contributed by atoms with E-state index >= 15 is 0 Å². The van der Waals surface area contributed by atoms with Crippen LogP contribution in [0, 0.1) is 0 Å². The molecule has 0 bridgehead atoms. The third-order valence-electron chi connectivity index (χ3n) is 6.60. The van der Waals surface area contributed by atoms with Crippen LogP contribution in [-0.4, -0.2) is 175 Å². The van der Waals surface area contributed by atoms with Gasteiger partial charge in [0.25, 0.3) is 0 Å². The first kappa shape index (κ1) is 49.3. The van der Waals surface area contributed by atoms with Gasteiger partial charge in [-0.15, -0.1) is 0 Å². The Labute approximate surface area is 307 Å². The van der Waals surface area contributed by atoms with Crippen LogP contribution in [0.3, 0.4) is 0 Å². The molecule has 15 nitrogen and oxygen atoms in total. The van der Waals surface area contributed by atoms with Crippen LogP contribution in [0.5, 0.6) is 0 Å². The summed E-state index contributed by atoms with van der Waals surface area (Å²) >= 11 is 0. The highest BCUT2D eigenvalue weighted by molar-refractivity contribution is 5.69. The first-order valence-electron chi connectivity index (χ1n) is 18.6. The Morgan fingerprint density at radius 2 is 0.765 bits per heavy atom. The lowest BCUT2D eigenvalue weighted by Gasteiger charge is -2.24. The van der Waals surface area contributed by atoms with Crippen molar-refractivity contribution in [3.63, 3.8) is 0 Å². The van der Waals surface area contributed by atoms with Gasteiger partial charge in [-0.25, -0.2) is 4.79 Å². The molecule has 15 heteroatoms. The predicted molar refractivity (Wildman–Crippen MR) is 191 cm³/mol. The summed E-state index contributed by atoms with van der Waals surface area (Å²) in [7, 11) is 1.68. The van der Waals surface area contributed by atoms with Gasteiger partial charge in [0.1, 0.15) is 12.2 Å². The van der Waals surface area contributed by atoms with E-state index in [4.69, 9.17) is 56.8 Å². The molecule has 51 heavy (non-hydrogen) atoms. The van der Waals surface area contributed by atoms with E-state index in [1.165, 1.54) is 24.2 Å². The predicted octanol–water partition coefficient (Wildman–Crippen LogP) is 3.92. The quantitative estimate of drug-likeness (QED) is 0.0662. The monoisotopic (exact) mass is 741 g/mol. The van der Waals surface area contributed by atoms with Crippen molar-refractivity contribution in [1.29, 1.82) is 0 Å². The van der Waals surface area contributed by atoms with Gasteiger partial charge in [0.15, 0.2) is 0 Å². The van der Waals surface area contributed by atoms with Crippen LogP contribution in [0.25, 0.3) is 0 Å². The number of carbonyl (C=O) groups is 2. The van der Waals surface area contributed by atoms with E-state index in [2.05, 4.69) is 6.92 Å². The molecular weight excluding hydrogens is 670 g/mol. The van der Waals surface area contributed by atoms with Crippen molar-refractivity contribution in [3.05, 3.63) is 0 Å². The normalized spacial score (nSPS) is 11.6. The summed E-state index contributed by atoms with van der Waals surface area (Å²) < 4.78 is 65.1. The SMILES string of the molecule is CCCCCCCC(=O)OCCOCCOCCOCCOCCOCCOCCOCCOCCOCCOCCN(C)C(=O)OC(C)(C)C. The molecule has 0 N–H and O–H groups in total. The van der Waals surface area contributed by atoms with E-state index in [0.29, 0.717) is 145 Å². The van der Waals surface area contributed by atoms with Crippen molar-refractivity contribution in [3.8, 4) is 0 Å². The van der Waals surface area contributed by atoms with Gasteiger partial charge < -0.3 is 61.7 Å². The number of amides is 1. The van der Waals surface area contributed by atoms with Crippen LogP contribution in [0.2, 0.25) is 0 Å². The smallest absolute Gasteiger partial charge is 0.410 e. The van der Waals surface area contributed by atoms with Crippen molar-refractivity contribution >= 4 is 12.1 Å². The second-order valence-corrected chi connectivity index (χ2v) is 12.4. The summed E-state index contributed by atoms with van der Waals surface area (Å²) in [5.74, 6) is -0.151. The lowest BCUT2D eigenvalue weighted by molar-refractivity contribution is -0.145. The highest BCUT2D eigenvalue weighted by Gasteiger charge is 2.19. The van der Waals surface area contributed by atoms with Crippen LogP contribution in [-0.2, 0) is 61.6 Å². The highest BCUT2D eigenvalue weighted by atomic mass is 16.6. The number of hydrogen-bond acceptors (Lipinski definition) is 14. The number of ether oxygens (including phenoxy) is 12. The lowest BCUT2D eigenvalue weighted by atomic mass is 10.1. The first-order valence-corrected chi connectivity index (χ1v) is 18.6. The molecule has 0 saturated carbocycles. The molecule has 0 heterocycles. The van der Waals surface area contributed by atoms with Gasteiger partial charge in [0.2, 0.25) is 0 Å². The topological polar surface area (TPSA) is 148 Å². The van der Waals surface area contributed by atoms with E-state index < -0.39 is 5.60 Å². The molecule has 0 aromatic heterocycles. The van der Waals surface area contributed by atoms with Gasteiger partial charge in [-0.05, 0) is 27.2 Å². The summed E-state index contributed by atoms with van der Waals surface area (Å²) in [6.45, 7) is 17.8. The van der Waals surface area contributed by atoms with Crippen LogP contribution in [0.4, 0.5) is 4.79 Å². The third-order valence-corrected chi connectivity index (χ3v) is 6.60. The number of rotatable bonds is 39. The summed E-state index contributed by atoms with van der Waals surface area (Å²) in [4.78, 5) is 25.0. The van der Waals surface area contributed by atoms with Crippen molar-refractivity contribution in [2.24, 2.45) is 0 Å². The fourth-order valence-corrected chi connectivity index (χ4v) is 3.87. The van der Waals surface area contributed by atoms with Crippen LogP contribution < -0.4 is 0 Å². The summed E-state index contributed by atoms with van der Waals surface area (Å²) in [6.07, 6.45) is 5.69. The average Bonchev–Trinajstić information content (AvgIpc) is 3.09. The molecule has 0 rings (SSSR count). The zero-order valence-corrected chi connectivity index (χ0v) is 32.5. The molecule has 0 saturated heterocycles. The van der Waals surface area contributed by atoms with Gasteiger partial charge in [0, 0.05) is 20.0 Å². The minimum Gasteiger partial charge on any atom is -0.463 e. The Morgan fingerprint density at radius 3 is 1.10 bits per heavy atom. The molecule has 0 aliphatic carbocycles. The highest BCUT2D eigenvalue weighted by Crippen LogP contribution is 2.09. The minimum absolute atomic E-state index is 0.151. The maximum Gasteiger partial charge on any atom is 0.410 e. The van der Waals surface area contributed by atoms with Crippen LogP contribution in [0.15, 0.2) is 0 Å². The molecule has 0 aromatic carbocycles. The van der Waals surface area contributed by atoms with Gasteiger partial charge in [-0.2, -0.15) is 0 Å². The standard InChI is InChI=1S/C36H71NO14/c1-6-7-8-9-10-11-34(38)50-33-32-49-31-30-48-29-28-47-27-26-46-25-24-45-23-22-44-21-20-43-19-18-42-17-16-41-15-14-40-13-12-37(5)35(39)51-36(2,3)4/h6-33H2,1-5H3. The van der Waals surface area contributed by atoms with Crippen molar-refractivity contribution < 1.29 is 66.4 Å². The molecule has 0 spiro atoms. The second kappa shape index (κ2) is 38.1. The Bertz CT molecular complexity index is 756. The Kier molecular flexibility index (Phi) is 36.8. The number of nitrogens with zero attached hydrogens (tertiary/aromatic N) is 1. The molecule has 0 radical (unpaired) electrons. The first-order chi connectivity index (χ1) is 24.8. The fourth-order valence-electron chi connectivity index (χ4n) is 3.87. The van der Waals surface area contributed by atoms with Crippen molar-refractivity contribution in [2.45, 2.75) is 71.8 Å². The van der Waals surface area contributed by atoms with E-state index in [9.17, 15) is 9.59 Å². The Balaban J connectivity index is 3.17. The fraction of sp³-hybridized carbons (Fsp3) is 0.944. The lowest BCUT2D eigenvalue weighted by Crippen LogP contribution is -2.36. The number of unbranched alkanes of at least 4 members (excludes halogenated alkanes) is 4. The van der Waals surface area contributed by atoms with Crippen molar-refractivity contribution in [2.75, 3.05) is 152 Å². The number of esters is 1. The van der Waals surface area contributed by atoms with Crippen LogP contribution >= 0.6 is 0 Å². The molecule has 0 unspecified atom stereocenters. The van der Waals surface area contributed by atoms with Gasteiger partial charge in [0.05, 0.1) is 132 Å². The molecule has 0 aliphatic heterocycles. The molecule has 0 aromatic rings. The maximum absolute atomic E-state index is 11.9. The average molecular weight is 742 g/mol. The summed E-state index contributed by atoms with van der Waals surface area (Å²) in [6, 6.07) is 0. The van der Waals surface area contributed by atoms with E-state index in [0.717, 1.165) is 12.8 Å². The minimum atomic E-state index is -0.513.